The van der Waals surface area contributed by atoms with Crippen molar-refractivity contribution < 1.29 is 19.1 Å². The molecule has 1 aromatic rings. The van der Waals surface area contributed by atoms with Gasteiger partial charge in [-0.15, -0.1) is 0 Å². The predicted molar refractivity (Wildman–Crippen MR) is 76.7 cm³/mol. The fourth-order valence-corrected chi connectivity index (χ4v) is 1.48. The number of amides is 1. The molecule has 1 aromatic carbocycles. The largest absolute Gasteiger partial charge is 0.491 e. The van der Waals surface area contributed by atoms with Gasteiger partial charge in [-0.05, 0) is 30.7 Å². The molecule has 1 atom stereocenters. The van der Waals surface area contributed by atoms with E-state index >= 15 is 0 Å². The Kier molecular flexibility index (Phi) is 6.29. The van der Waals surface area contributed by atoms with E-state index in [-0.39, 0.29) is 6.04 Å². The Morgan fingerprint density at radius 2 is 2.00 bits per heavy atom. The van der Waals surface area contributed by atoms with Crippen molar-refractivity contribution in [2.45, 2.75) is 13.0 Å². The van der Waals surface area contributed by atoms with E-state index in [9.17, 15) is 9.59 Å². The van der Waals surface area contributed by atoms with E-state index in [1.54, 1.807) is 13.1 Å². The van der Waals surface area contributed by atoms with Crippen molar-refractivity contribution >= 4 is 18.5 Å². The fourth-order valence-electron chi connectivity index (χ4n) is 1.48. The first-order chi connectivity index (χ1) is 9.58. The maximum absolute atomic E-state index is 11.3. The maximum Gasteiger partial charge on any atom is 0.409 e. The highest BCUT2D eigenvalue weighted by Gasteiger charge is 2.16. The summed E-state index contributed by atoms with van der Waals surface area (Å²) in [5, 5.41) is 0. The van der Waals surface area contributed by atoms with Gasteiger partial charge in [-0.1, -0.05) is 18.2 Å². The average molecular weight is 277 g/mol. The smallest absolute Gasteiger partial charge is 0.409 e. The molecule has 0 spiro atoms. The summed E-state index contributed by atoms with van der Waals surface area (Å²) in [5.74, 6) is 0.707. The molecule has 0 aliphatic rings. The van der Waals surface area contributed by atoms with Gasteiger partial charge in [0.25, 0.3) is 0 Å². The Balaban J connectivity index is 2.51. The molecular weight excluding hydrogens is 258 g/mol. The number of ether oxygens (including phenoxy) is 2. The second-order valence-corrected chi connectivity index (χ2v) is 4.31. The minimum Gasteiger partial charge on any atom is -0.491 e. The van der Waals surface area contributed by atoms with Crippen LogP contribution in [-0.4, -0.2) is 44.1 Å². The monoisotopic (exact) mass is 277 g/mol. The lowest BCUT2D eigenvalue weighted by molar-refractivity contribution is -0.104. The van der Waals surface area contributed by atoms with E-state index in [1.807, 2.05) is 31.2 Å². The number of likely N-dealkylation sites (N-methyl/N-ethyl adjacent to an activating group) is 1. The summed E-state index contributed by atoms with van der Waals surface area (Å²) in [5.41, 5.74) is 0.921. The van der Waals surface area contributed by atoms with E-state index in [0.29, 0.717) is 12.4 Å². The minimum atomic E-state index is -0.393. The molecule has 0 aliphatic carbocycles. The van der Waals surface area contributed by atoms with Crippen molar-refractivity contribution in [3.63, 3.8) is 0 Å². The van der Waals surface area contributed by atoms with Crippen LogP contribution in [-0.2, 0) is 9.53 Å². The summed E-state index contributed by atoms with van der Waals surface area (Å²) in [6.45, 7) is 2.24. The molecule has 0 saturated heterocycles. The molecule has 0 fully saturated rings. The number of nitrogens with zero attached hydrogens (tertiary/aromatic N) is 1. The van der Waals surface area contributed by atoms with E-state index < -0.39 is 6.09 Å². The Labute approximate surface area is 118 Å². The molecule has 108 valence electrons. The lowest BCUT2D eigenvalue weighted by Gasteiger charge is -2.23. The van der Waals surface area contributed by atoms with E-state index in [2.05, 4.69) is 4.74 Å². The molecule has 20 heavy (non-hydrogen) atoms. The van der Waals surface area contributed by atoms with Gasteiger partial charge in [-0.25, -0.2) is 4.79 Å². The topological polar surface area (TPSA) is 55.8 Å². The van der Waals surface area contributed by atoms with Crippen LogP contribution in [0, 0.1) is 0 Å². The zero-order valence-corrected chi connectivity index (χ0v) is 11.9. The highest BCUT2D eigenvalue weighted by Crippen LogP contribution is 2.14. The van der Waals surface area contributed by atoms with Gasteiger partial charge in [0, 0.05) is 7.05 Å². The Hall–Kier alpha value is -2.30. The SMILES string of the molecule is COC(=O)N(C)C(C)COc1ccc(C=CC=O)cc1. The summed E-state index contributed by atoms with van der Waals surface area (Å²) >= 11 is 0. The lowest BCUT2D eigenvalue weighted by atomic mass is 10.2. The molecule has 0 bridgehead atoms. The Bertz CT molecular complexity index is 467. The maximum atomic E-state index is 11.3. The molecule has 0 saturated carbocycles. The van der Waals surface area contributed by atoms with Gasteiger partial charge in [0.1, 0.15) is 18.6 Å². The van der Waals surface area contributed by atoms with Gasteiger partial charge in [0.15, 0.2) is 0 Å². The van der Waals surface area contributed by atoms with Crippen LogP contribution in [0.1, 0.15) is 12.5 Å². The van der Waals surface area contributed by atoms with E-state index in [1.165, 1.54) is 18.1 Å². The van der Waals surface area contributed by atoms with Crippen LogP contribution < -0.4 is 4.74 Å². The highest BCUT2D eigenvalue weighted by molar-refractivity contribution is 5.73. The first-order valence-corrected chi connectivity index (χ1v) is 6.24. The second-order valence-electron chi connectivity index (χ2n) is 4.31. The molecule has 0 aliphatic heterocycles. The van der Waals surface area contributed by atoms with Crippen LogP contribution in [0.4, 0.5) is 4.79 Å². The lowest BCUT2D eigenvalue weighted by Crippen LogP contribution is -2.38. The summed E-state index contributed by atoms with van der Waals surface area (Å²) in [6, 6.07) is 7.23. The van der Waals surface area contributed by atoms with Crippen molar-refractivity contribution in [3.05, 3.63) is 35.9 Å². The molecule has 1 amide bonds. The Morgan fingerprint density at radius 1 is 1.35 bits per heavy atom. The number of aldehydes is 1. The number of benzene rings is 1. The summed E-state index contributed by atoms with van der Waals surface area (Å²) < 4.78 is 10.2. The molecule has 5 heteroatoms. The predicted octanol–water partition coefficient (Wildman–Crippen LogP) is 2.36. The van der Waals surface area contributed by atoms with Crippen molar-refractivity contribution in [2.24, 2.45) is 0 Å². The van der Waals surface area contributed by atoms with Crippen LogP contribution in [0.5, 0.6) is 5.75 Å². The number of hydrogen-bond acceptors (Lipinski definition) is 4. The minimum absolute atomic E-state index is 0.0999. The third-order valence-electron chi connectivity index (χ3n) is 2.86. The second kappa shape index (κ2) is 7.99. The van der Waals surface area contributed by atoms with Crippen LogP contribution in [0.15, 0.2) is 30.3 Å². The molecule has 0 N–H and O–H groups in total. The van der Waals surface area contributed by atoms with Gasteiger partial charge in [0.2, 0.25) is 0 Å². The van der Waals surface area contributed by atoms with E-state index in [0.717, 1.165) is 11.8 Å². The molecule has 1 rings (SSSR count). The molecule has 0 heterocycles. The van der Waals surface area contributed by atoms with Gasteiger partial charge in [-0.3, -0.25) is 4.79 Å². The van der Waals surface area contributed by atoms with Crippen LogP contribution in [0.2, 0.25) is 0 Å². The summed E-state index contributed by atoms with van der Waals surface area (Å²) in [4.78, 5) is 23.0. The van der Waals surface area contributed by atoms with Crippen LogP contribution in [0.3, 0.4) is 0 Å². The molecule has 0 radical (unpaired) electrons. The number of carbonyl (C=O) groups is 2. The summed E-state index contributed by atoms with van der Waals surface area (Å²) in [7, 11) is 3.01. The molecule has 5 nitrogen and oxygen atoms in total. The number of allylic oxidation sites excluding steroid dienone is 1. The van der Waals surface area contributed by atoms with E-state index in [4.69, 9.17) is 4.74 Å². The normalized spacial score (nSPS) is 11.9. The fraction of sp³-hybridized carbons (Fsp3) is 0.333. The van der Waals surface area contributed by atoms with Gasteiger partial charge in [-0.2, -0.15) is 0 Å². The number of carbonyl (C=O) groups excluding carboxylic acids is 2. The van der Waals surface area contributed by atoms with Crippen LogP contribution >= 0.6 is 0 Å². The van der Waals surface area contributed by atoms with Gasteiger partial charge in [0.05, 0.1) is 13.2 Å². The molecular formula is C15H19NO4. The standard InChI is InChI=1S/C15H19NO4/c1-12(16(2)15(18)19-3)11-20-14-8-6-13(7-9-14)5-4-10-17/h4-10,12H,11H2,1-3H3. The highest BCUT2D eigenvalue weighted by atomic mass is 16.5. The quantitative estimate of drug-likeness (QED) is 0.591. The van der Waals surface area contributed by atoms with Crippen molar-refractivity contribution in [1.82, 2.24) is 4.90 Å². The molecule has 0 aromatic heterocycles. The first-order valence-electron chi connectivity index (χ1n) is 6.24. The third kappa shape index (κ3) is 4.76. The van der Waals surface area contributed by atoms with Crippen molar-refractivity contribution in [1.29, 1.82) is 0 Å². The van der Waals surface area contributed by atoms with Crippen molar-refractivity contribution in [3.8, 4) is 5.75 Å². The van der Waals surface area contributed by atoms with Crippen LogP contribution in [0.25, 0.3) is 6.08 Å². The number of methoxy groups -OCH3 is 1. The Morgan fingerprint density at radius 3 is 2.55 bits per heavy atom. The zero-order chi connectivity index (χ0) is 15.0. The summed E-state index contributed by atoms with van der Waals surface area (Å²) in [6.07, 6.45) is 3.48. The van der Waals surface area contributed by atoms with Crippen molar-refractivity contribution in [2.75, 3.05) is 20.8 Å². The average Bonchev–Trinajstić information content (AvgIpc) is 2.49. The van der Waals surface area contributed by atoms with Gasteiger partial charge >= 0.3 is 6.09 Å². The number of hydrogen-bond donors (Lipinski definition) is 0. The third-order valence-corrected chi connectivity index (χ3v) is 2.86. The molecule has 1 unspecified atom stereocenters. The first kappa shape index (κ1) is 15.8. The number of rotatable bonds is 6. The zero-order valence-electron chi connectivity index (χ0n) is 11.9. The van der Waals surface area contributed by atoms with Gasteiger partial charge < -0.3 is 14.4 Å².